The van der Waals surface area contributed by atoms with Gasteiger partial charge in [0.15, 0.2) is 0 Å². The van der Waals surface area contributed by atoms with Crippen LogP contribution >= 0.6 is 11.8 Å². The lowest BCUT2D eigenvalue weighted by Crippen LogP contribution is -2.25. The third-order valence-corrected chi connectivity index (χ3v) is 4.41. The van der Waals surface area contributed by atoms with Crippen LogP contribution in [0.25, 0.3) is 0 Å². The van der Waals surface area contributed by atoms with E-state index in [0.29, 0.717) is 6.04 Å². The lowest BCUT2D eigenvalue weighted by molar-refractivity contribution is 0.510. The van der Waals surface area contributed by atoms with Gasteiger partial charge in [-0.15, -0.1) is 11.8 Å². The molecule has 1 atom stereocenters. The normalized spacial score (nSPS) is 12.7. The van der Waals surface area contributed by atoms with Crippen LogP contribution in [0.1, 0.15) is 44.2 Å². The third-order valence-electron chi connectivity index (χ3n) is 3.33. The minimum atomic E-state index is 0.668. The lowest BCUT2D eigenvalue weighted by atomic mass is 10.1. The molecular formula is C16H27NS. The summed E-state index contributed by atoms with van der Waals surface area (Å²) in [6.45, 7) is 9.90. The number of thioether (sulfide) groups is 1. The van der Waals surface area contributed by atoms with Crippen LogP contribution < -0.4 is 5.32 Å². The van der Waals surface area contributed by atoms with Gasteiger partial charge >= 0.3 is 0 Å². The molecule has 0 aliphatic carbocycles. The predicted molar refractivity (Wildman–Crippen MR) is 83.6 cm³/mol. The molecule has 0 heterocycles. The van der Waals surface area contributed by atoms with Gasteiger partial charge in [0, 0.05) is 10.9 Å². The van der Waals surface area contributed by atoms with Crippen LogP contribution in [0.3, 0.4) is 0 Å². The molecule has 0 bridgehead atoms. The van der Waals surface area contributed by atoms with Crippen molar-refractivity contribution in [2.45, 2.75) is 57.9 Å². The average Bonchev–Trinajstić information content (AvgIpc) is 2.33. The van der Waals surface area contributed by atoms with E-state index >= 15 is 0 Å². The van der Waals surface area contributed by atoms with Crippen molar-refractivity contribution in [1.29, 1.82) is 0 Å². The van der Waals surface area contributed by atoms with E-state index in [0.717, 1.165) is 6.54 Å². The highest BCUT2D eigenvalue weighted by molar-refractivity contribution is 7.99. The highest BCUT2D eigenvalue weighted by Gasteiger charge is 2.00. The van der Waals surface area contributed by atoms with Gasteiger partial charge in [0.25, 0.3) is 0 Å². The number of hydrogen-bond donors (Lipinski definition) is 1. The summed E-state index contributed by atoms with van der Waals surface area (Å²) < 4.78 is 0. The molecule has 0 fully saturated rings. The molecule has 0 amide bonds. The van der Waals surface area contributed by atoms with Crippen molar-refractivity contribution in [2.24, 2.45) is 0 Å². The molecule has 2 heteroatoms. The van der Waals surface area contributed by atoms with Gasteiger partial charge < -0.3 is 5.32 Å². The molecule has 0 saturated heterocycles. The maximum atomic E-state index is 3.46. The van der Waals surface area contributed by atoms with Crippen molar-refractivity contribution in [3.63, 3.8) is 0 Å². The van der Waals surface area contributed by atoms with Crippen LogP contribution in [0.5, 0.6) is 0 Å². The molecule has 1 N–H and O–H groups in total. The molecule has 1 nitrogen and oxygen atoms in total. The van der Waals surface area contributed by atoms with Crippen molar-refractivity contribution in [3.05, 3.63) is 29.3 Å². The van der Waals surface area contributed by atoms with E-state index < -0.39 is 0 Å². The summed E-state index contributed by atoms with van der Waals surface area (Å²) in [6.07, 6.45) is 3.93. The van der Waals surface area contributed by atoms with Crippen LogP contribution in [0.4, 0.5) is 0 Å². The fourth-order valence-corrected chi connectivity index (χ4v) is 3.01. The summed E-state index contributed by atoms with van der Waals surface area (Å²) in [7, 11) is 0. The number of hydrogen-bond acceptors (Lipinski definition) is 2. The van der Waals surface area contributed by atoms with Crippen LogP contribution in [0.2, 0.25) is 0 Å². The smallest absolute Gasteiger partial charge is 0.00747 e. The molecular weight excluding hydrogens is 238 g/mol. The van der Waals surface area contributed by atoms with Gasteiger partial charge in [-0.2, -0.15) is 0 Å². The zero-order valence-electron chi connectivity index (χ0n) is 12.3. The Morgan fingerprint density at radius 2 is 1.94 bits per heavy atom. The minimum Gasteiger partial charge on any atom is -0.315 e. The summed E-state index contributed by atoms with van der Waals surface area (Å²) in [5.74, 6) is 1.24. The Kier molecular flexibility index (Phi) is 7.45. The van der Waals surface area contributed by atoms with E-state index in [2.05, 4.69) is 51.2 Å². The third kappa shape index (κ3) is 5.92. The minimum absolute atomic E-state index is 0.668. The summed E-state index contributed by atoms with van der Waals surface area (Å²) >= 11 is 1.99. The largest absolute Gasteiger partial charge is 0.315 e. The van der Waals surface area contributed by atoms with Crippen molar-refractivity contribution >= 4 is 11.8 Å². The first-order valence-corrected chi connectivity index (χ1v) is 8.05. The Labute approximate surface area is 117 Å². The van der Waals surface area contributed by atoms with E-state index in [9.17, 15) is 0 Å². The topological polar surface area (TPSA) is 12.0 Å². The standard InChI is InChI=1S/C16H27NS/c1-5-17-15(4)8-6-7-11-18-16-10-9-13(2)14(3)12-16/h9-10,12,15,17H,5-8,11H2,1-4H3. The van der Waals surface area contributed by atoms with Gasteiger partial charge in [0.2, 0.25) is 0 Å². The molecule has 18 heavy (non-hydrogen) atoms. The number of rotatable bonds is 8. The van der Waals surface area contributed by atoms with E-state index in [4.69, 9.17) is 0 Å². The first kappa shape index (κ1) is 15.6. The summed E-state index contributed by atoms with van der Waals surface area (Å²) in [6, 6.07) is 7.45. The monoisotopic (exact) mass is 265 g/mol. The quantitative estimate of drug-likeness (QED) is 0.546. The highest BCUT2D eigenvalue weighted by Crippen LogP contribution is 2.22. The fourth-order valence-electron chi connectivity index (χ4n) is 2.00. The van der Waals surface area contributed by atoms with Gasteiger partial charge in [0.1, 0.15) is 0 Å². The summed E-state index contributed by atoms with van der Waals surface area (Å²) in [5, 5.41) is 3.46. The zero-order valence-corrected chi connectivity index (χ0v) is 13.1. The molecule has 1 unspecified atom stereocenters. The van der Waals surface area contributed by atoms with E-state index in [1.807, 2.05) is 11.8 Å². The molecule has 0 aliphatic rings. The second-order valence-corrected chi connectivity index (χ2v) is 6.22. The van der Waals surface area contributed by atoms with Crippen molar-refractivity contribution in [1.82, 2.24) is 5.32 Å². The van der Waals surface area contributed by atoms with Gasteiger partial charge in [-0.05, 0) is 69.2 Å². The van der Waals surface area contributed by atoms with Crippen molar-refractivity contribution < 1.29 is 0 Å². The van der Waals surface area contributed by atoms with Gasteiger partial charge in [0.05, 0.1) is 0 Å². The molecule has 0 spiro atoms. The average molecular weight is 265 g/mol. The number of benzene rings is 1. The number of unbranched alkanes of at least 4 members (excludes halogenated alkanes) is 1. The Balaban J connectivity index is 2.16. The second-order valence-electron chi connectivity index (χ2n) is 5.05. The molecule has 102 valence electrons. The maximum Gasteiger partial charge on any atom is 0.00747 e. The molecule has 1 rings (SSSR count). The molecule has 0 radical (unpaired) electrons. The van der Waals surface area contributed by atoms with Gasteiger partial charge in [-0.25, -0.2) is 0 Å². The summed E-state index contributed by atoms with van der Waals surface area (Å²) in [5.41, 5.74) is 2.79. The van der Waals surface area contributed by atoms with Crippen LogP contribution in [-0.2, 0) is 0 Å². The molecule has 1 aromatic carbocycles. The molecule has 0 saturated carbocycles. The van der Waals surface area contributed by atoms with Crippen LogP contribution in [-0.4, -0.2) is 18.3 Å². The molecule has 0 aromatic heterocycles. The molecule has 1 aromatic rings. The van der Waals surface area contributed by atoms with E-state index in [-0.39, 0.29) is 0 Å². The Morgan fingerprint density at radius 3 is 2.61 bits per heavy atom. The fraction of sp³-hybridized carbons (Fsp3) is 0.625. The Morgan fingerprint density at radius 1 is 1.17 bits per heavy atom. The van der Waals surface area contributed by atoms with Crippen LogP contribution in [0, 0.1) is 13.8 Å². The predicted octanol–water partition coefficient (Wildman–Crippen LogP) is 4.56. The first-order chi connectivity index (χ1) is 8.63. The second kappa shape index (κ2) is 8.60. The zero-order chi connectivity index (χ0) is 13.4. The SMILES string of the molecule is CCNC(C)CCCCSc1ccc(C)c(C)c1. The highest BCUT2D eigenvalue weighted by atomic mass is 32.2. The van der Waals surface area contributed by atoms with Crippen molar-refractivity contribution in [3.8, 4) is 0 Å². The van der Waals surface area contributed by atoms with Gasteiger partial charge in [-0.1, -0.05) is 19.4 Å². The molecule has 0 aliphatic heterocycles. The van der Waals surface area contributed by atoms with Gasteiger partial charge in [-0.3, -0.25) is 0 Å². The Bertz CT molecular complexity index is 349. The first-order valence-electron chi connectivity index (χ1n) is 7.07. The number of nitrogens with one attached hydrogen (secondary N) is 1. The van der Waals surface area contributed by atoms with Crippen molar-refractivity contribution in [2.75, 3.05) is 12.3 Å². The van der Waals surface area contributed by atoms with Crippen LogP contribution in [0.15, 0.2) is 23.1 Å². The lowest BCUT2D eigenvalue weighted by Gasteiger charge is -2.11. The van der Waals surface area contributed by atoms with E-state index in [1.54, 1.807) is 0 Å². The maximum absolute atomic E-state index is 3.46. The van der Waals surface area contributed by atoms with E-state index in [1.165, 1.54) is 41.0 Å². The summed E-state index contributed by atoms with van der Waals surface area (Å²) in [4.78, 5) is 1.41. The Hall–Kier alpha value is -0.470. The number of aryl methyl sites for hydroxylation is 2.